The van der Waals surface area contributed by atoms with E-state index in [0.29, 0.717) is 12.6 Å². The van der Waals surface area contributed by atoms with Crippen molar-refractivity contribution < 1.29 is 29.0 Å². The fraction of sp³-hybridized carbons (Fsp3) is 0.609. The number of amides is 2. The van der Waals surface area contributed by atoms with E-state index in [1.165, 1.54) is 37.7 Å². The number of rotatable bonds is 9. The number of halogens is 1. The molecular weight excluding hydrogens is 417 g/mol. The molecule has 0 saturated carbocycles. The first-order valence-corrected chi connectivity index (χ1v) is 11.3. The second-order valence-electron chi connectivity index (χ2n) is 7.74. The summed E-state index contributed by atoms with van der Waals surface area (Å²) < 4.78 is 13.3. The first-order valence-electron chi connectivity index (χ1n) is 11.3. The van der Waals surface area contributed by atoms with Gasteiger partial charge in [-0.2, -0.15) is 0 Å². The van der Waals surface area contributed by atoms with Crippen LogP contribution in [0.2, 0.25) is 0 Å². The lowest BCUT2D eigenvalue weighted by Gasteiger charge is -2.39. The molecule has 0 radical (unpaired) electrons. The number of carboxylic acids is 2. The van der Waals surface area contributed by atoms with Gasteiger partial charge in [-0.05, 0) is 31.0 Å². The van der Waals surface area contributed by atoms with E-state index in [-0.39, 0.29) is 11.8 Å². The average molecular weight is 454 g/mol. The molecule has 1 fully saturated rings. The van der Waals surface area contributed by atoms with Crippen LogP contribution in [0.4, 0.5) is 9.18 Å². The topological polar surface area (TPSA) is 110 Å². The summed E-state index contributed by atoms with van der Waals surface area (Å²) >= 11 is 0. The van der Waals surface area contributed by atoms with E-state index in [1.807, 2.05) is 24.0 Å². The highest BCUT2D eigenvalue weighted by Crippen LogP contribution is 2.28. The zero-order valence-corrected chi connectivity index (χ0v) is 19.1. The van der Waals surface area contributed by atoms with Crippen molar-refractivity contribution in [3.05, 3.63) is 35.6 Å². The summed E-state index contributed by atoms with van der Waals surface area (Å²) in [6.45, 7) is 8.07. The molecule has 1 atom stereocenters. The van der Waals surface area contributed by atoms with Gasteiger partial charge in [-0.25, -0.2) is 18.8 Å². The highest BCUT2D eigenvalue weighted by molar-refractivity contribution is 6.27. The number of nitrogens with zero attached hydrogens (tertiary/aromatic N) is 2. The van der Waals surface area contributed by atoms with Gasteiger partial charge in [0.1, 0.15) is 5.82 Å². The molecule has 1 heterocycles. The van der Waals surface area contributed by atoms with Crippen molar-refractivity contribution >= 4 is 18.0 Å². The maximum Gasteiger partial charge on any atom is 0.414 e. The Hall–Kier alpha value is -2.68. The third-order valence-electron chi connectivity index (χ3n) is 5.39. The lowest BCUT2D eigenvalue weighted by molar-refractivity contribution is -0.159. The van der Waals surface area contributed by atoms with Crippen LogP contribution in [0.3, 0.4) is 0 Å². The summed E-state index contributed by atoms with van der Waals surface area (Å²) in [7, 11) is 0. The van der Waals surface area contributed by atoms with E-state index in [0.717, 1.165) is 32.6 Å². The molecule has 0 aromatic heterocycles. The van der Waals surface area contributed by atoms with Gasteiger partial charge in [-0.15, -0.1) is 0 Å². The van der Waals surface area contributed by atoms with Crippen molar-refractivity contribution in [1.29, 1.82) is 0 Å². The van der Waals surface area contributed by atoms with Crippen LogP contribution in [0.1, 0.15) is 64.0 Å². The van der Waals surface area contributed by atoms with Crippen molar-refractivity contribution in [2.75, 3.05) is 32.7 Å². The zero-order valence-electron chi connectivity index (χ0n) is 19.1. The molecule has 1 aliphatic rings. The molecule has 1 aliphatic heterocycles. The Labute approximate surface area is 189 Å². The maximum atomic E-state index is 13.3. The minimum Gasteiger partial charge on any atom is -0.473 e. The third-order valence-corrected chi connectivity index (χ3v) is 5.39. The molecule has 9 heteroatoms. The Morgan fingerprint density at radius 2 is 1.50 bits per heavy atom. The molecule has 1 aromatic carbocycles. The quantitative estimate of drug-likeness (QED) is 0.388. The summed E-state index contributed by atoms with van der Waals surface area (Å²) in [6, 6.07) is 7.30. The van der Waals surface area contributed by atoms with Gasteiger partial charge in [0, 0.05) is 38.8 Å². The van der Waals surface area contributed by atoms with Crippen LogP contribution in [-0.4, -0.2) is 70.7 Å². The molecule has 8 nitrogen and oxygen atoms in total. The molecule has 0 aliphatic carbocycles. The van der Waals surface area contributed by atoms with Gasteiger partial charge in [0.15, 0.2) is 0 Å². The van der Waals surface area contributed by atoms with Crippen LogP contribution >= 0.6 is 0 Å². The highest BCUT2D eigenvalue weighted by atomic mass is 19.1. The largest absolute Gasteiger partial charge is 0.473 e. The lowest BCUT2D eigenvalue weighted by atomic mass is 9.97. The van der Waals surface area contributed by atoms with E-state index in [1.54, 1.807) is 12.1 Å². The number of carbonyl (C=O) groups is 3. The van der Waals surface area contributed by atoms with Crippen molar-refractivity contribution in [2.45, 2.75) is 58.4 Å². The minimum atomic E-state index is -1.82. The predicted molar refractivity (Wildman–Crippen MR) is 120 cm³/mol. The van der Waals surface area contributed by atoms with Gasteiger partial charge in [-0.3, -0.25) is 4.90 Å². The van der Waals surface area contributed by atoms with Gasteiger partial charge in [-0.1, -0.05) is 51.2 Å². The maximum absolute atomic E-state index is 13.3. The number of hydrogen-bond donors (Lipinski definition) is 3. The standard InChI is InChI=1S/C21H34FN3O.C2H2O4/c1-3-5-6-7-8-9-20(18-10-12-19(22)13-11-18)24-14-16-25(17-15-24)21(26)23-4-2;3-1(4)2(5)6/h10-13,20H,3-9,14-17H2,1-2H3,(H,23,26);(H,3,4)(H,5,6). The van der Waals surface area contributed by atoms with Crippen molar-refractivity contribution in [3.63, 3.8) is 0 Å². The monoisotopic (exact) mass is 453 g/mol. The number of carbonyl (C=O) groups excluding carboxylic acids is 1. The van der Waals surface area contributed by atoms with Gasteiger partial charge in [0.25, 0.3) is 0 Å². The molecule has 180 valence electrons. The fourth-order valence-corrected chi connectivity index (χ4v) is 3.69. The Morgan fingerprint density at radius 1 is 0.938 bits per heavy atom. The SMILES string of the molecule is CCCCCCCC(c1ccc(F)cc1)N1CCN(C(=O)NCC)CC1.O=C(O)C(=O)O. The Balaban J connectivity index is 0.000000751. The van der Waals surface area contributed by atoms with Gasteiger partial charge in [0.05, 0.1) is 0 Å². The van der Waals surface area contributed by atoms with Crippen LogP contribution in [0.5, 0.6) is 0 Å². The fourth-order valence-electron chi connectivity index (χ4n) is 3.69. The zero-order chi connectivity index (χ0) is 23.9. The van der Waals surface area contributed by atoms with E-state index < -0.39 is 11.9 Å². The van der Waals surface area contributed by atoms with E-state index in [4.69, 9.17) is 19.8 Å². The van der Waals surface area contributed by atoms with E-state index in [2.05, 4.69) is 17.1 Å². The summed E-state index contributed by atoms with van der Waals surface area (Å²) in [5.41, 5.74) is 1.19. The summed E-state index contributed by atoms with van der Waals surface area (Å²) in [6.07, 6.45) is 7.38. The number of aliphatic carboxylic acids is 2. The second kappa shape index (κ2) is 15.2. The van der Waals surface area contributed by atoms with Crippen LogP contribution in [-0.2, 0) is 9.59 Å². The Bertz CT molecular complexity index is 694. The number of hydrogen-bond acceptors (Lipinski definition) is 4. The number of nitrogens with one attached hydrogen (secondary N) is 1. The molecule has 0 spiro atoms. The van der Waals surface area contributed by atoms with Crippen molar-refractivity contribution in [2.24, 2.45) is 0 Å². The lowest BCUT2D eigenvalue weighted by Crippen LogP contribution is -2.52. The van der Waals surface area contributed by atoms with Gasteiger partial charge in [0.2, 0.25) is 0 Å². The number of carboxylic acid groups (broad SMARTS) is 2. The molecule has 1 aromatic rings. The van der Waals surface area contributed by atoms with Crippen LogP contribution < -0.4 is 5.32 Å². The summed E-state index contributed by atoms with van der Waals surface area (Å²) in [4.78, 5) is 34.6. The summed E-state index contributed by atoms with van der Waals surface area (Å²) in [5.74, 6) is -3.83. The number of piperazine rings is 1. The first-order chi connectivity index (χ1) is 15.3. The highest BCUT2D eigenvalue weighted by Gasteiger charge is 2.26. The second-order valence-corrected chi connectivity index (χ2v) is 7.74. The molecule has 3 N–H and O–H groups in total. The molecule has 1 unspecified atom stereocenters. The van der Waals surface area contributed by atoms with E-state index in [9.17, 15) is 9.18 Å². The van der Waals surface area contributed by atoms with Gasteiger partial charge >= 0.3 is 18.0 Å². The van der Waals surface area contributed by atoms with Crippen molar-refractivity contribution in [3.8, 4) is 0 Å². The predicted octanol–water partition coefficient (Wildman–Crippen LogP) is 3.73. The molecule has 32 heavy (non-hydrogen) atoms. The van der Waals surface area contributed by atoms with E-state index >= 15 is 0 Å². The average Bonchev–Trinajstić information content (AvgIpc) is 2.78. The third kappa shape index (κ3) is 10.1. The Morgan fingerprint density at radius 3 is 2.00 bits per heavy atom. The first kappa shape index (κ1) is 27.4. The van der Waals surface area contributed by atoms with Crippen LogP contribution in [0.15, 0.2) is 24.3 Å². The molecule has 0 bridgehead atoms. The summed E-state index contributed by atoms with van der Waals surface area (Å²) in [5, 5.41) is 17.7. The molecule has 1 saturated heterocycles. The molecule has 2 rings (SSSR count). The smallest absolute Gasteiger partial charge is 0.414 e. The number of unbranched alkanes of at least 4 members (excludes halogenated alkanes) is 4. The number of benzene rings is 1. The molecular formula is C23H36FN3O5. The molecule has 2 amide bonds. The Kier molecular flexibility index (Phi) is 13.0. The van der Waals surface area contributed by atoms with Gasteiger partial charge < -0.3 is 20.4 Å². The minimum absolute atomic E-state index is 0.0325. The number of urea groups is 1. The van der Waals surface area contributed by atoms with Crippen LogP contribution in [0.25, 0.3) is 0 Å². The van der Waals surface area contributed by atoms with Crippen molar-refractivity contribution in [1.82, 2.24) is 15.1 Å². The normalized spacial score (nSPS) is 14.8. The van der Waals surface area contributed by atoms with Crippen LogP contribution in [0, 0.1) is 5.82 Å².